The van der Waals surface area contributed by atoms with E-state index in [9.17, 15) is 0 Å². The molecule has 0 spiro atoms. The molecule has 0 atom stereocenters. The maximum Gasteiger partial charge on any atom is 0.143 e. The molecule has 0 bridgehead atoms. The van der Waals surface area contributed by atoms with E-state index < -0.39 is 0 Å². The summed E-state index contributed by atoms with van der Waals surface area (Å²) in [5, 5.41) is 9.21. The molecule has 2 aromatic heterocycles. The fourth-order valence-corrected chi connectivity index (χ4v) is 8.13. The van der Waals surface area contributed by atoms with E-state index in [0.717, 1.165) is 77.5 Å². The van der Waals surface area contributed by atoms with Crippen molar-refractivity contribution in [2.24, 2.45) is 0 Å². The van der Waals surface area contributed by atoms with Crippen LogP contribution in [0.3, 0.4) is 0 Å². The molecule has 0 unspecified atom stereocenters. The van der Waals surface area contributed by atoms with Gasteiger partial charge in [-0.05, 0) is 93.5 Å². The van der Waals surface area contributed by atoms with Crippen molar-refractivity contribution in [1.82, 2.24) is 0 Å². The van der Waals surface area contributed by atoms with Crippen LogP contribution < -0.4 is 4.90 Å². The third kappa shape index (κ3) is 4.75. The second-order valence-corrected chi connectivity index (χ2v) is 13.7. The molecule has 0 saturated carbocycles. The van der Waals surface area contributed by atoms with Gasteiger partial charge in [-0.25, -0.2) is 0 Å². The van der Waals surface area contributed by atoms with E-state index in [1.165, 1.54) is 27.3 Å². The molecule has 11 aromatic rings. The van der Waals surface area contributed by atoms with Crippen LogP contribution in [0.15, 0.2) is 197 Å². The Labute approximate surface area is 305 Å². The Balaban J connectivity index is 1.10. The standard InChI is InChI=1S/C50H31NO2/c1-3-13-38-32(10-1)12-9-17-39(38)34-20-24-36(25-21-34)51(37-26-29-48-45(31-37)42-16-6-8-19-47(42)52-48)46-18-7-5-14-40(46)35-23-28-49-44(30-35)43-27-22-33-11-2-4-15-41(33)50(43)53-49/h1-31H. The Morgan fingerprint density at radius 1 is 0.321 bits per heavy atom. The fraction of sp³-hybridized carbons (Fsp3) is 0. The summed E-state index contributed by atoms with van der Waals surface area (Å²) < 4.78 is 12.8. The highest BCUT2D eigenvalue weighted by atomic mass is 16.3. The molecule has 3 heteroatoms. The van der Waals surface area contributed by atoms with Crippen LogP contribution in [-0.2, 0) is 0 Å². The summed E-state index contributed by atoms with van der Waals surface area (Å²) in [6.45, 7) is 0. The molecular formula is C50H31NO2. The summed E-state index contributed by atoms with van der Waals surface area (Å²) in [5.74, 6) is 0. The lowest BCUT2D eigenvalue weighted by Crippen LogP contribution is -2.11. The van der Waals surface area contributed by atoms with Crippen molar-refractivity contribution in [3.63, 3.8) is 0 Å². The number of hydrogen-bond acceptors (Lipinski definition) is 3. The first-order chi connectivity index (χ1) is 26.3. The quantitative estimate of drug-likeness (QED) is 0.182. The van der Waals surface area contributed by atoms with Crippen molar-refractivity contribution in [2.75, 3.05) is 4.90 Å². The highest BCUT2D eigenvalue weighted by Crippen LogP contribution is 2.45. The smallest absolute Gasteiger partial charge is 0.143 e. The number of anilines is 3. The molecule has 0 N–H and O–H groups in total. The van der Waals surface area contributed by atoms with Crippen molar-refractivity contribution in [1.29, 1.82) is 0 Å². The van der Waals surface area contributed by atoms with Crippen molar-refractivity contribution >= 4 is 82.5 Å². The number of furan rings is 2. The van der Waals surface area contributed by atoms with E-state index in [4.69, 9.17) is 8.83 Å². The minimum Gasteiger partial charge on any atom is -0.456 e. The van der Waals surface area contributed by atoms with Crippen LogP contribution in [0, 0.1) is 0 Å². The lowest BCUT2D eigenvalue weighted by Gasteiger charge is -2.28. The van der Waals surface area contributed by atoms with Crippen molar-refractivity contribution < 1.29 is 8.83 Å². The van der Waals surface area contributed by atoms with E-state index in [0.29, 0.717) is 0 Å². The number of fused-ring (bicyclic) bond motifs is 9. The highest BCUT2D eigenvalue weighted by Gasteiger charge is 2.20. The van der Waals surface area contributed by atoms with Crippen LogP contribution in [0.2, 0.25) is 0 Å². The Bertz CT molecular complexity index is 3180. The van der Waals surface area contributed by atoms with Gasteiger partial charge in [0.05, 0.1) is 5.69 Å². The van der Waals surface area contributed by atoms with Crippen LogP contribution in [-0.4, -0.2) is 0 Å². The zero-order valence-electron chi connectivity index (χ0n) is 28.7. The summed E-state index contributed by atoms with van der Waals surface area (Å²) in [7, 11) is 0. The van der Waals surface area contributed by atoms with Gasteiger partial charge >= 0.3 is 0 Å². The Morgan fingerprint density at radius 2 is 0.925 bits per heavy atom. The monoisotopic (exact) mass is 677 g/mol. The van der Waals surface area contributed by atoms with Gasteiger partial charge < -0.3 is 13.7 Å². The normalized spacial score (nSPS) is 11.8. The van der Waals surface area contributed by atoms with Gasteiger partial charge in [-0.1, -0.05) is 127 Å². The van der Waals surface area contributed by atoms with Crippen LogP contribution >= 0.6 is 0 Å². The van der Waals surface area contributed by atoms with E-state index in [-0.39, 0.29) is 0 Å². The van der Waals surface area contributed by atoms with Gasteiger partial charge in [-0.2, -0.15) is 0 Å². The summed E-state index contributed by atoms with van der Waals surface area (Å²) in [4.78, 5) is 2.37. The van der Waals surface area contributed by atoms with E-state index in [1.807, 2.05) is 12.1 Å². The summed E-state index contributed by atoms with van der Waals surface area (Å²) in [6, 6.07) is 66.9. The molecule has 0 saturated heterocycles. The SMILES string of the molecule is c1ccc(N(c2ccc(-c3cccc4ccccc34)cc2)c2ccc3oc4ccccc4c3c2)c(-c2ccc3oc4c5ccccc5ccc4c3c2)c1. The second kappa shape index (κ2) is 11.7. The Morgan fingerprint density at radius 3 is 1.81 bits per heavy atom. The summed E-state index contributed by atoms with van der Waals surface area (Å²) in [6.07, 6.45) is 0. The van der Waals surface area contributed by atoms with Crippen molar-refractivity contribution in [2.45, 2.75) is 0 Å². The van der Waals surface area contributed by atoms with Crippen LogP contribution in [0.1, 0.15) is 0 Å². The molecule has 0 radical (unpaired) electrons. The van der Waals surface area contributed by atoms with Crippen LogP contribution in [0.5, 0.6) is 0 Å². The minimum absolute atomic E-state index is 0.874. The average Bonchev–Trinajstić information content (AvgIpc) is 3.79. The predicted octanol–water partition coefficient (Wildman–Crippen LogP) is 14.6. The van der Waals surface area contributed by atoms with E-state index in [1.54, 1.807) is 0 Å². The third-order valence-electron chi connectivity index (χ3n) is 10.7. The highest BCUT2D eigenvalue weighted by molar-refractivity contribution is 6.16. The number of para-hydroxylation sites is 2. The van der Waals surface area contributed by atoms with Gasteiger partial charge in [-0.15, -0.1) is 0 Å². The third-order valence-corrected chi connectivity index (χ3v) is 10.7. The average molecular weight is 678 g/mol. The molecule has 248 valence electrons. The van der Waals surface area contributed by atoms with Crippen LogP contribution in [0.25, 0.3) is 87.7 Å². The molecular weight excluding hydrogens is 647 g/mol. The first kappa shape index (κ1) is 29.6. The second-order valence-electron chi connectivity index (χ2n) is 13.7. The lowest BCUT2D eigenvalue weighted by atomic mass is 9.97. The lowest BCUT2D eigenvalue weighted by molar-refractivity contribution is 0.669. The number of nitrogens with zero attached hydrogens (tertiary/aromatic N) is 1. The van der Waals surface area contributed by atoms with Crippen LogP contribution in [0.4, 0.5) is 17.1 Å². The van der Waals surface area contributed by atoms with Gasteiger partial charge in [0, 0.05) is 43.9 Å². The summed E-state index contributed by atoms with van der Waals surface area (Å²) >= 11 is 0. The number of hydrogen-bond donors (Lipinski definition) is 0. The Kier molecular flexibility index (Phi) is 6.55. The number of benzene rings is 9. The van der Waals surface area contributed by atoms with Crippen molar-refractivity contribution in [3.8, 4) is 22.3 Å². The molecule has 2 heterocycles. The molecule has 0 amide bonds. The van der Waals surface area contributed by atoms with Gasteiger partial charge in [0.25, 0.3) is 0 Å². The van der Waals surface area contributed by atoms with Gasteiger partial charge in [0.15, 0.2) is 0 Å². The molecule has 0 aliphatic heterocycles. The van der Waals surface area contributed by atoms with E-state index in [2.05, 4.69) is 181 Å². The zero-order chi connectivity index (χ0) is 34.9. The van der Waals surface area contributed by atoms with E-state index >= 15 is 0 Å². The topological polar surface area (TPSA) is 29.5 Å². The van der Waals surface area contributed by atoms with Gasteiger partial charge in [-0.3, -0.25) is 0 Å². The molecule has 0 fully saturated rings. The predicted molar refractivity (Wildman–Crippen MR) is 222 cm³/mol. The summed E-state index contributed by atoms with van der Waals surface area (Å²) in [5.41, 5.74) is 11.4. The first-order valence-electron chi connectivity index (χ1n) is 18.0. The molecule has 0 aliphatic carbocycles. The maximum absolute atomic E-state index is 6.50. The molecule has 0 aliphatic rings. The van der Waals surface area contributed by atoms with Gasteiger partial charge in [0.1, 0.15) is 22.3 Å². The van der Waals surface area contributed by atoms with Crippen molar-refractivity contribution in [3.05, 3.63) is 188 Å². The molecule has 9 aromatic carbocycles. The van der Waals surface area contributed by atoms with Gasteiger partial charge in [0.2, 0.25) is 0 Å². The minimum atomic E-state index is 0.874. The molecule has 3 nitrogen and oxygen atoms in total. The number of rotatable bonds is 5. The zero-order valence-corrected chi connectivity index (χ0v) is 28.7. The molecule has 11 rings (SSSR count). The molecule has 53 heavy (non-hydrogen) atoms. The first-order valence-corrected chi connectivity index (χ1v) is 18.0. The maximum atomic E-state index is 6.50. The largest absolute Gasteiger partial charge is 0.456 e. The Hall–Kier alpha value is -7.10. The fourth-order valence-electron chi connectivity index (χ4n) is 8.13.